The van der Waals surface area contributed by atoms with Crippen molar-refractivity contribution in [1.82, 2.24) is 4.90 Å². The van der Waals surface area contributed by atoms with Crippen LogP contribution < -0.4 is 4.74 Å². The molecular formula is C15H21NO3. The average Bonchev–Trinajstić information content (AvgIpc) is 2.87. The predicted octanol–water partition coefficient (Wildman–Crippen LogP) is 2.03. The number of rotatable bonds is 3. The third-order valence-corrected chi connectivity index (χ3v) is 3.85. The van der Waals surface area contributed by atoms with Crippen LogP contribution in [0.15, 0.2) is 24.3 Å². The minimum atomic E-state index is -0.336. The highest BCUT2D eigenvalue weighted by molar-refractivity contribution is 5.28. The first kappa shape index (κ1) is 12.9. The average molecular weight is 263 g/mol. The van der Waals surface area contributed by atoms with E-state index in [2.05, 4.69) is 17.0 Å². The van der Waals surface area contributed by atoms with E-state index in [1.807, 2.05) is 12.1 Å². The van der Waals surface area contributed by atoms with E-state index in [0.29, 0.717) is 0 Å². The lowest BCUT2D eigenvalue weighted by atomic mass is 10.0. The Kier molecular flexibility index (Phi) is 3.73. The monoisotopic (exact) mass is 263 g/mol. The van der Waals surface area contributed by atoms with Gasteiger partial charge in [0.25, 0.3) is 0 Å². The first-order chi connectivity index (χ1) is 9.30. The maximum atomic E-state index is 5.81. The van der Waals surface area contributed by atoms with E-state index in [0.717, 1.165) is 51.4 Å². The van der Waals surface area contributed by atoms with Crippen LogP contribution in [-0.4, -0.2) is 44.1 Å². The lowest BCUT2D eigenvalue weighted by Crippen LogP contribution is -2.48. The van der Waals surface area contributed by atoms with Gasteiger partial charge in [0.2, 0.25) is 0 Å². The lowest BCUT2D eigenvalue weighted by Gasteiger charge is -2.38. The highest BCUT2D eigenvalue weighted by Gasteiger charge is 2.40. The van der Waals surface area contributed by atoms with E-state index in [9.17, 15) is 0 Å². The fraction of sp³-hybridized carbons (Fsp3) is 0.600. The molecule has 1 aromatic carbocycles. The summed E-state index contributed by atoms with van der Waals surface area (Å²) < 4.78 is 16.9. The minimum Gasteiger partial charge on any atom is -0.497 e. The molecule has 3 rings (SSSR count). The molecule has 0 amide bonds. The van der Waals surface area contributed by atoms with Crippen LogP contribution in [0.25, 0.3) is 0 Å². The quantitative estimate of drug-likeness (QED) is 0.835. The van der Waals surface area contributed by atoms with E-state index in [-0.39, 0.29) is 5.79 Å². The number of methoxy groups -OCH3 is 1. The first-order valence-electron chi connectivity index (χ1n) is 6.93. The molecule has 1 spiro atoms. The van der Waals surface area contributed by atoms with Crippen molar-refractivity contribution < 1.29 is 14.2 Å². The molecule has 104 valence electrons. The number of ether oxygens (including phenoxy) is 3. The predicted molar refractivity (Wildman–Crippen MR) is 72.1 cm³/mol. The van der Waals surface area contributed by atoms with Crippen LogP contribution in [0.4, 0.5) is 0 Å². The number of benzene rings is 1. The summed E-state index contributed by atoms with van der Waals surface area (Å²) in [5.41, 5.74) is 1.27. The van der Waals surface area contributed by atoms with Crippen LogP contribution in [0.2, 0.25) is 0 Å². The number of hydrogen-bond acceptors (Lipinski definition) is 4. The largest absolute Gasteiger partial charge is 0.497 e. The maximum absolute atomic E-state index is 5.81. The molecule has 4 heteroatoms. The van der Waals surface area contributed by atoms with Crippen molar-refractivity contribution >= 4 is 0 Å². The summed E-state index contributed by atoms with van der Waals surface area (Å²) in [6.07, 6.45) is 2.14. The Morgan fingerprint density at radius 1 is 1.32 bits per heavy atom. The van der Waals surface area contributed by atoms with Crippen LogP contribution in [0, 0.1) is 0 Å². The minimum absolute atomic E-state index is 0.336. The fourth-order valence-corrected chi connectivity index (χ4v) is 2.97. The molecule has 0 unspecified atom stereocenters. The van der Waals surface area contributed by atoms with E-state index < -0.39 is 0 Å². The lowest BCUT2D eigenvalue weighted by molar-refractivity contribution is -0.190. The zero-order chi connectivity index (χ0) is 13.1. The topological polar surface area (TPSA) is 30.9 Å². The number of hydrogen-bond donors (Lipinski definition) is 0. The molecule has 2 saturated heterocycles. The standard InChI is InChI=1S/C15H21NO3/c1-17-14-5-2-4-13(10-14)11-16-7-3-6-15(12-16)18-8-9-19-15/h2,4-5,10H,3,6-9,11-12H2,1H3. The van der Waals surface area contributed by atoms with Crippen LogP contribution in [0.3, 0.4) is 0 Å². The van der Waals surface area contributed by atoms with Crippen LogP contribution in [0.5, 0.6) is 5.75 Å². The normalized spacial score (nSPS) is 22.8. The van der Waals surface area contributed by atoms with Gasteiger partial charge in [-0.3, -0.25) is 4.90 Å². The smallest absolute Gasteiger partial charge is 0.181 e. The molecule has 1 aromatic rings. The number of likely N-dealkylation sites (tertiary alicyclic amines) is 1. The Morgan fingerprint density at radius 3 is 2.95 bits per heavy atom. The van der Waals surface area contributed by atoms with Gasteiger partial charge < -0.3 is 14.2 Å². The molecule has 0 aromatic heterocycles. The summed E-state index contributed by atoms with van der Waals surface area (Å²) in [6.45, 7) is 4.35. The SMILES string of the molecule is COc1cccc(CN2CCCC3(C2)OCCO3)c1. The highest BCUT2D eigenvalue weighted by atomic mass is 16.7. The van der Waals surface area contributed by atoms with Crippen molar-refractivity contribution in [3.8, 4) is 5.75 Å². The van der Waals surface area contributed by atoms with Crippen LogP contribution in [0.1, 0.15) is 18.4 Å². The first-order valence-corrected chi connectivity index (χ1v) is 6.93. The Labute approximate surface area is 114 Å². The molecular weight excluding hydrogens is 242 g/mol. The van der Waals surface area contributed by atoms with Gasteiger partial charge in [0.1, 0.15) is 5.75 Å². The fourth-order valence-electron chi connectivity index (χ4n) is 2.97. The van der Waals surface area contributed by atoms with Gasteiger partial charge in [0.15, 0.2) is 5.79 Å². The summed E-state index contributed by atoms with van der Waals surface area (Å²) in [7, 11) is 1.70. The molecule has 0 N–H and O–H groups in total. The van der Waals surface area contributed by atoms with Crippen LogP contribution in [-0.2, 0) is 16.0 Å². The van der Waals surface area contributed by atoms with Gasteiger partial charge >= 0.3 is 0 Å². The van der Waals surface area contributed by atoms with Crippen molar-refractivity contribution in [2.75, 3.05) is 33.4 Å². The summed E-state index contributed by atoms with van der Waals surface area (Å²) >= 11 is 0. The molecule has 0 radical (unpaired) electrons. The van der Waals surface area contributed by atoms with Gasteiger partial charge in [-0.15, -0.1) is 0 Å². The summed E-state index contributed by atoms with van der Waals surface area (Å²) in [5.74, 6) is 0.578. The highest BCUT2D eigenvalue weighted by Crippen LogP contribution is 2.30. The van der Waals surface area contributed by atoms with Crippen molar-refractivity contribution in [3.05, 3.63) is 29.8 Å². The summed E-state index contributed by atoms with van der Waals surface area (Å²) in [4.78, 5) is 2.41. The second-order valence-electron chi connectivity index (χ2n) is 5.27. The number of nitrogens with zero attached hydrogens (tertiary/aromatic N) is 1. The van der Waals surface area contributed by atoms with Crippen LogP contribution >= 0.6 is 0 Å². The van der Waals surface area contributed by atoms with Gasteiger partial charge in [-0.1, -0.05) is 12.1 Å². The Bertz CT molecular complexity index is 429. The van der Waals surface area contributed by atoms with Crippen molar-refractivity contribution in [2.24, 2.45) is 0 Å². The van der Waals surface area contributed by atoms with Crippen molar-refractivity contribution in [2.45, 2.75) is 25.2 Å². The molecule has 0 atom stereocenters. The van der Waals surface area contributed by atoms with Gasteiger partial charge in [-0.2, -0.15) is 0 Å². The van der Waals surface area contributed by atoms with E-state index in [1.165, 1.54) is 5.56 Å². The maximum Gasteiger partial charge on any atom is 0.181 e. The second kappa shape index (κ2) is 5.49. The zero-order valence-electron chi connectivity index (χ0n) is 11.4. The van der Waals surface area contributed by atoms with E-state index in [4.69, 9.17) is 14.2 Å². The molecule has 0 bridgehead atoms. The second-order valence-corrected chi connectivity index (χ2v) is 5.27. The molecule has 2 aliphatic rings. The third-order valence-electron chi connectivity index (χ3n) is 3.85. The van der Waals surface area contributed by atoms with Crippen molar-refractivity contribution in [1.29, 1.82) is 0 Å². The van der Waals surface area contributed by atoms with Gasteiger partial charge in [0.05, 0.1) is 26.9 Å². The molecule has 2 heterocycles. The van der Waals surface area contributed by atoms with Crippen molar-refractivity contribution in [3.63, 3.8) is 0 Å². The van der Waals surface area contributed by atoms with Gasteiger partial charge in [0, 0.05) is 13.0 Å². The molecule has 2 fully saturated rings. The molecule has 0 saturated carbocycles. The molecule has 19 heavy (non-hydrogen) atoms. The van der Waals surface area contributed by atoms with E-state index >= 15 is 0 Å². The summed E-state index contributed by atoms with van der Waals surface area (Å²) in [5, 5.41) is 0. The third kappa shape index (κ3) is 2.91. The molecule has 0 aliphatic carbocycles. The zero-order valence-corrected chi connectivity index (χ0v) is 11.4. The van der Waals surface area contributed by atoms with Gasteiger partial charge in [-0.25, -0.2) is 0 Å². The molecule has 2 aliphatic heterocycles. The Balaban J connectivity index is 1.65. The number of piperidine rings is 1. The molecule has 4 nitrogen and oxygen atoms in total. The Hall–Kier alpha value is -1.10. The summed E-state index contributed by atoms with van der Waals surface area (Å²) in [6, 6.07) is 8.25. The van der Waals surface area contributed by atoms with Gasteiger partial charge in [-0.05, 0) is 30.7 Å². The van der Waals surface area contributed by atoms with E-state index in [1.54, 1.807) is 7.11 Å². The Morgan fingerprint density at radius 2 is 2.16 bits per heavy atom.